The molecule has 2 unspecified atom stereocenters. The second-order valence-electron chi connectivity index (χ2n) is 5.51. The summed E-state index contributed by atoms with van der Waals surface area (Å²) in [6.07, 6.45) is 3.65. The van der Waals surface area contributed by atoms with Crippen LogP contribution in [0.1, 0.15) is 35.2 Å². The van der Waals surface area contributed by atoms with E-state index >= 15 is 0 Å². The lowest BCUT2D eigenvalue weighted by atomic mass is 10.1. The number of carbonyl (C=O) groups is 2. The molecule has 4 nitrogen and oxygen atoms in total. The van der Waals surface area contributed by atoms with E-state index in [9.17, 15) is 9.59 Å². The van der Waals surface area contributed by atoms with Gasteiger partial charge in [0.15, 0.2) is 0 Å². The molecule has 4 heteroatoms. The zero-order chi connectivity index (χ0) is 13.4. The molecule has 3 rings (SSSR count). The zero-order valence-electron chi connectivity index (χ0n) is 10.6. The quantitative estimate of drug-likeness (QED) is 0.869. The predicted octanol–water partition coefficient (Wildman–Crippen LogP) is 2.05. The van der Waals surface area contributed by atoms with E-state index < -0.39 is 5.97 Å². The van der Waals surface area contributed by atoms with Crippen LogP contribution in [-0.2, 0) is 11.3 Å². The third-order valence-electron chi connectivity index (χ3n) is 4.35. The van der Waals surface area contributed by atoms with Gasteiger partial charge in [0.2, 0.25) is 5.91 Å². The van der Waals surface area contributed by atoms with E-state index in [4.69, 9.17) is 5.11 Å². The van der Waals surface area contributed by atoms with Crippen LogP contribution in [0.2, 0.25) is 0 Å². The number of carboxylic acid groups (broad SMARTS) is 1. The average molecular weight is 259 g/mol. The minimum Gasteiger partial charge on any atom is -0.478 e. The van der Waals surface area contributed by atoms with E-state index in [1.807, 2.05) is 6.07 Å². The Bertz CT molecular complexity index is 516. The highest BCUT2D eigenvalue weighted by Gasteiger charge is 2.56. The summed E-state index contributed by atoms with van der Waals surface area (Å²) >= 11 is 0. The Morgan fingerprint density at radius 2 is 2.00 bits per heavy atom. The van der Waals surface area contributed by atoms with Gasteiger partial charge >= 0.3 is 5.97 Å². The van der Waals surface area contributed by atoms with Crippen molar-refractivity contribution in [3.05, 3.63) is 35.4 Å². The van der Waals surface area contributed by atoms with Gasteiger partial charge in [0, 0.05) is 12.5 Å². The summed E-state index contributed by atoms with van der Waals surface area (Å²) in [5.74, 6) is 0.646. The fourth-order valence-electron chi connectivity index (χ4n) is 3.33. The number of hydrogen-bond donors (Lipinski definition) is 2. The first-order chi connectivity index (χ1) is 9.16. The normalized spacial score (nSPS) is 27.7. The van der Waals surface area contributed by atoms with Crippen molar-refractivity contribution in [1.29, 1.82) is 0 Å². The molecule has 0 saturated heterocycles. The summed E-state index contributed by atoms with van der Waals surface area (Å²) in [5.41, 5.74) is 1.09. The SMILES string of the molecule is O=C(O)c1cccc(CNC(=O)C2C3CCCC32)c1. The van der Waals surface area contributed by atoms with Gasteiger partial charge < -0.3 is 10.4 Å². The molecule has 2 aliphatic carbocycles. The van der Waals surface area contributed by atoms with Crippen molar-refractivity contribution in [2.45, 2.75) is 25.8 Å². The van der Waals surface area contributed by atoms with Crippen molar-refractivity contribution in [1.82, 2.24) is 5.32 Å². The molecule has 2 saturated carbocycles. The van der Waals surface area contributed by atoms with Crippen LogP contribution in [0.15, 0.2) is 24.3 Å². The Labute approximate surface area is 111 Å². The summed E-state index contributed by atoms with van der Waals surface area (Å²) in [5, 5.41) is 11.8. The average Bonchev–Trinajstić information content (AvgIpc) is 2.89. The van der Waals surface area contributed by atoms with Crippen LogP contribution >= 0.6 is 0 Å². The minimum atomic E-state index is -0.940. The lowest BCUT2D eigenvalue weighted by molar-refractivity contribution is -0.123. The highest BCUT2D eigenvalue weighted by atomic mass is 16.4. The van der Waals surface area contributed by atoms with Crippen LogP contribution < -0.4 is 5.32 Å². The number of fused-ring (bicyclic) bond motifs is 1. The van der Waals surface area contributed by atoms with E-state index in [2.05, 4.69) is 5.32 Å². The maximum Gasteiger partial charge on any atom is 0.335 e. The maximum absolute atomic E-state index is 12.0. The number of amides is 1. The first-order valence-corrected chi connectivity index (χ1v) is 6.77. The molecule has 1 aromatic carbocycles. The number of hydrogen-bond acceptors (Lipinski definition) is 2. The molecule has 2 aliphatic rings. The number of benzene rings is 1. The van der Waals surface area contributed by atoms with E-state index in [1.54, 1.807) is 18.2 Å². The van der Waals surface area contributed by atoms with Crippen molar-refractivity contribution in [2.24, 2.45) is 17.8 Å². The third kappa shape index (κ3) is 2.35. The van der Waals surface area contributed by atoms with Crippen LogP contribution in [0.4, 0.5) is 0 Å². The summed E-state index contributed by atoms with van der Waals surface area (Å²) in [6.45, 7) is 0.413. The standard InChI is InChI=1S/C15H17NO3/c17-14(13-11-5-2-6-12(11)13)16-8-9-3-1-4-10(7-9)15(18)19/h1,3-4,7,11-13H,2,5-6,8H2,(H,16,17)(H,18,19). The van der Waals surface area contributed by atoms with Crippen molar-refractivity contribution in [2.75, 3.05) is 0 Å². The Hall–Kier alpha value is -1.84. The lowest BCUT2D eigenvalue weighted by Gasteiger charge is -2.07. The molecular weight excluding hydrogens is 242 g/mol. The molecule has 19 heavy (non-hydrogen) atoms. The highest BCUT2D eigenvalue weighted by molar-refractivity contribution is 5.87. The van der Waals surface area contributed by atoms with Gasteiger partial charge in [-0.05, 0) is 42.4 Å². The first-order valence-electron chi connectivity index (χ1n) is 6.77. The lowest BCUT2D eigenvalue weighted by Crippen LogP contribution is -2.26. The molecule has 2 N–H and O–H groups in total. The molecular formula is C15H17NO3. The van der Waals surface area contributed by atoms with E-state index in [-0.39, 0.29) is 17.4 Å². The molecule has 0 heterocycles. The number of nitrogens with one attached hydrogen (secondary N) is 1. The second kappa shape index (κ2) is 4.68. The monoisotopic (exact) mass is 259 g/mol. The van der Waals surface area contributed by atoms with Crippen molar-refractivity contribution >= 4 is 11.9 Å². The fraction of sp³-hybridized carbons (Fsp3) is 0.467. The largest absolute Gasteiger partial charge is 0.478 e. The Balaban J connectivity index is 1.56. The van der Waals surface area contributed by atoms with E-state index in [0.29, 0.717) is 18.4 Å². The van der Waals surface area contributed by atoms with Gasteiger partial charge in [-0.25, -0.2) is 4.79 Å². The molecule has 0 radical (unpaired) electrons. The van der Waals surface area contributed by atoms with Crippen LogP contribution in [-0.4, -0.2) is 17.0 Å². The Kier molecular flexibility index (Phi) is 3.01. The molecule has 0 aromatic heterocycles. The molecule has 100 valence electrons. The fourth-order valence-corrected chi connectivity index (χ4v) is 3.33. The Morgan fingerprint density at radius 1 is 1.26 bits per heavy atom. The van der Waals surface area contributed by atoms with Gasteiger partial charge in [-0.1, -0.05) is 18.6 Å². The van der Waals surface area contributed by atoms with Crippen molar-refractivity contribution < 1.29 is 14.7 Å². The molecule has 1 aromatic rings. The molecule has 2 fully saturated rings. The molecule has 0 aliphatic heterocycles. The maximum atomic E-state index is 12.0. The minimum absolute atomic E-state index is 0.135. The van der Waals surface area contributed by atoms with Crippen LogP contribution in [0.25, 0.3) is 0 Å². The van der Waals surface area contributed by atoms with Gasteiger partial charge in [0.25, 0.3) is 0 Å². The van der Waals surface area contributed by atoms with Gasteiger partial charge in [-0.3, -0.25) is 4.79 Å². The molecule has 0 bridgehead atoms. The molecule has 2 atom stereocenters. The summed E-state index contributed by atoms with van der Waals surface area (Å²) in [7, 11) is 0. The Morgan fingerprint density at radius 3 is 2.68 bits per heavy atom. The summed E-state index contributed by atoms with van der Waals surface area (Å²) in [6, 6.07) is 6.70. The van der Waals surface area contributed by atoms with Gasteiger partial charge in [0.05, 0.1) is 5.56 Å². The van der Waals surface area contributed by atoms with Crippen molar-refractivity contribution in [3.63, 3.8) is 0 Å². The van der Waals surface area contributed by atoms with Crippen molar-refractivity contribution in [3.8, 4) is 0 Å². The highest BCUT2D eigenvalue weighted by Crippen LogP contribution is 2.57. The van der Waals surface area contributed by atoms with Crippen LogP contribution in [0.5, 0.6) is 0 Å². The molecule has 1 amide bonds. The topological polar surface area (TPSA) is 66.4 Å². The third-order valence-corrected chi connectivity index (χ3v) is 4.35. The molecule has 0 spiro atoms. The number of rotatable bonds is 4. The summed E-state index contributed by atoms with van der Waals surface area (Å²) in [4.78, 5) is 22.8. The predicted molar refractivity (Wildman–Crippen MR) is 69.6 cm³/mol. The first kappa shape index (κ1) is 12.2. The van der Waals surface area contributed by atoms with Crippen LogP contribution in [0.3, 0.4) is 0 Å². The van der Waals surface area contributed by atoms with Gasteiger partial charge in [-0.15, -0.1) is 0 Å². The second-order valence-corrected chi connectivity index (χ2v) is 5.51. The number of aromatic carboxylic acids is 1. The number of carboxylic acids is 1. The zero-order valence-corrected chi connectivity index (χ0v) is 10.6. The van der Waals surface area contributed by atoms with Gasteiger partial charge in [-0.2, -0.15) is 0 Å². The van der Waals surface area contributed by atoms with Crippen LogP contribution in [0, 0.1) is 17.8 Å². The summed E-state index contributed by atoms with van der Waals surface area (Å²) < 4.78 is 0. The number of carbonyl (C=O) groups excluding carboxylic acids is 1. The van der Waals surface area contributed by atoms with E-state index in [1.165, 1.54) is 19.3 Å². The smallest absolute Gasteiger partial charge is 0.335 e. The van der Waals surface area contributed by atoms with Gasteiger partial charge in [0.1, 0.15) is 0 Å². The van der Waals surface area contributed by atoms with E-state index in [0.717, 1.165) is 5.56 Å².